The average Bonchev–Trinajstić information content (AvgIpc) is 2.71. The Labute approximate surface area is 160 Å². The van der Waals surface area contributed by atoms with E-state index in [1.807, 2.05) is 18.2 Å². The molecule has 2 aromatic rings. The third-order valence-electron chi connectivity index (χ3n) is 3.74. The van der Waals surface area contributed by atoms with Crippen molar-refractivity contribution in [3.8, 4) is 23.0 Å². The molecule has 0 fully saturated rings. The van der Waals surface area contributed by atoms with Crippen molar-refractivity contribution in [3.63, 3.8) is 0 Å². The molecule has 2 rings (SSSR count). The number of para-hydroxylation sites is 1. The summed E-state index contributed by atoms with van der Waals surface area (Å²) in [6.45, 7) is 7.32. The van der Waals surface area contributed by atoms with Gasteiger partial charge in [0.05, 0.1) is 20.4 Å². The summed E-state index contributed by atoms with van der Waals surface area (Å²) in [7, 11) is 3.17. The summed E-state index contributed by atoms with van der Waals surface area (Å²) in [6.07, 6.45) is 5.39. The first-order chi connectivity index (χ1) is 13.2. The summed E-state index contributed by atoms with van der Waals surface area (Å²) in [4.78, 5) is 8.61. The Bertz CT molecular complexity index is 737. The van der Waals surface area contributed by atoms with Crippen molar-refractivity contribution in [2.24, 2.45) is 0 Å². The highest BCUT2D eigenvalue weighted by Crippen LogP contribution is 2.36. The maximum Gasteiger partial charge on any atom is 0.203 e. The number of hydrogen-bond acceptors (Lipinski definition) is 7. The Kier molecular flexibility index (Phi) is 8.22. The number of rotatable bonds is 12. The highest BCUT2D eigenvalue weighted by molar-refractivity contribution is 5.52. The minimum Gasteiger partial charge on any atom is -0.493 e. The number of nitrogens with zero attached hydrogens (tertiary/aromatic N) is 2. The molecule has 0 aliphatic heterocycles. The Morgan fingerprint density at radius 3 is 2.48 bits per heavy atom. The lowest BCUT2D eigenvalue weighted by atomic mass is 10.3. The number of nitrogens with one attached hydrogen (secondary N) is 1. The molecule has 0 aliphatic carbocycles. The summed E-state index contributed by atoms with van der Waals surface area (Å²) in [5, 5.41) is 3.28. The SMILES string of the molecule is C=Cc1ncc(OCCOc2cccc(OC)c2OC)c(NCCCC)n1. The van der Waals surface area contributed by atoms with Crippen molar-refractivity contribution in [3.05, 3.63) is 36.8 Å². The lowest BCUT2D eigenvalue weighted by molar-refractivity contribution is 0.209. The van der Waals surface area contributed by atoms with Gasteiger partial charge in [0.25, 0.3) is 0 Å². The highest BCUT2D eigenvalue weighted by Gasteiger charge is 2.11. The van der Waals surface area contributed by atoms with Crippen LogP contribution in [-0.2, 0) is 0 Å². The van der Waals surface area contributed by atoms with Gasteiger partial charge in [-0.05, 0) is 24.6 Å². The normalized spacial score (nSPS) is 10.2. The van der Waals surface area contributed by atoms with Gasteiger partial charge in [-0.2, -0.15) is 0 Å². The Morgan fingerprint density at radius 1 is 1.07 bits per heavy atom. The number of unbranched alkanes of at least 4 members (excludes halogenated alkanes) is 1. The molecule has 1 heterocycles. The number of hydrogen-bond donors (Lipinski definition) is 1. The van der Waals surface area contributed by atoms with Crippen molar-refractivity contribution in [1.82, 2.24) is 9.97 Å². The molecule has 7 nitrogen and oxygen atoms in total. The topological polar surface area (TPSA) is 74.7 Å². The molecule has 146 valence electrons. The number of benzene rings is 1. The predicted octanol–water partition coefficient (Wildman–Crippen LogP) is 3.81. The van der Waals surface area contributed by atoms with E-state index in [2.05, 4.69) is 28.8 Å². The van der Waals surface area contributed by atoms with Gasteiger partial charge < -0.3 is 24.3 Å². The van der Waals surface area contributed by atoms with Crippen molar-refractivity contribution >= 4 is 11.9 Å². The fourth-order valence-corrected chi connectivity index (χ4v) is 2.37. The molecule has 0 saturated heterocycles. The number of methoxy groups -OCH3 is 2. The summed E-state index contributed by atoms with van der Waals surface area (Å²) >= 11 is 0. The lowest BCUT2D eigenvalue weighted by Crippen LogP contribution is -2.13. The van der Waals surface area contributed by atoms with Crippen LogP contribution in [0, 0.1) is 0 Å². The monoisotopic (exact) mass is 373 g/mol. The minimum atomic E-state index is 0.333. The largest absolute Gasteiger partial charge is 0.493 e. The van der Waals surface area contributed by atoms with Gasteiger partial charge in [-0.15, -0.1) is 0 Å². The first-order valence-corrected chi connectivity index (χ1v) is 8.93. The Hall–Kier alpha value is -2.96. The zero-order valence-electron chi connectivity index (χ0n) is 16.2. The summed E-state index contributed by atoms with van der Waals surface area (Å²) in [5.74, 6) is 3.57. The first-order valence-electron chi connectivity index (χ1n) is 8.93. The number of aromatic nitrogens is 2. The van der Waals surface area contributed by atoms with Crippen LogP contribution in [0.2, 0.25) is 0 Å². The summed E-state index contributed by atoms with van der Waals surface area (Å²) < 4.78 is 22.2. The molecule has 0 saturated carbocycles. The van der Waals surface area contributed by atoms with Crippen LogP contribution in [0.15, 0.2) is 31.0 Å². The molecule has 1 aromatic heterocycles. The molecule has 0 amide bonds. The van der Waals surface area contributed by atoms with E-state index < -0.39 is 0 Å². The highest BCUT2D eigenvalue weighted by atomic mass is 16.5. The van der Waals surface area contributed by atoms with Crippen LogP contribution in [-0.4, -0.2) is 43.9 Å². The van der Waals surface area contributed by atoms with Gasteiger partial charge in [-0.3, -0.25) is 0 Å². The zero-order valence-corrected chi connectivity index (χ0v) is 16.2. The number of anilines is 1. The minimum absolute atomic E-state index is 0.333. The molecule has 0 atom stereocenters. The fourth-order valence-electron chi connectivity index (χ4n) is 2.37. The van der Waals surface area contributed by atoms with E-state index in [0.717, 1.165) is 19.4 Å². The molecule has 27 heavy (non-hydrogen) atoms. The summed E-state index contributed by atoms with van der Waals surface area (Å²) in [5.41, 5.74) is 0. The molecule has 0 spiro atoms. The van der Waals surface area contributed by atoms with Crippen LogP contribution in [0.4, 0.5) is 5.82 Å². The third-order valence-corrected chi connectivity index (χ3v) is 3.74. The molecule has 0 radical (unpaired) electrons. The van der Waals surface area contributed by atoms with Crippen LogP contribution >= 0.6 is 0 Å². The Balaban J connectivity index is 1.96. The molecular weight excluding hydrogens is 346 g/mol. The van der Waals surface area contributed by atoms with Gasteiger partial charge >= 0.3 is 0 Å². The van der Waals surface area contributed by atoms with Crippen LogP contribution in [0.1, 0.15) is 25.6 Å². The van der Waals surface area contributed by atoms with Gasteiger partial charge in [-0.1, -0.05) is 26.0 Å². The standard InChI is InChI=1S/C20H27N3O4/c1-5-7-11-21-20-17(14-22-18(6-2)23-20)27-13-12-26-16-10-8-9-15(24-3)19(16)25-4/h6,8-10,14H,2,5,7,11-13H2,1,3-4H3,(H,21,22,23). The Morgan fingerprint density at radius 2 is 1.81 bits per heavy atom. The van der Waals surface area contributed by atoms with E-state index >= 15 is 0 Å². The van der Waals surface area contributed by atoms with E-state index in [1.165, 1.54) is 0 Å². The van der Waals surface area contributed by atoms with Crippen molar-refractivity contribution in [2.45, 2.75) is 19.8 Å². The molecular formula is C20H27N3O4. The van der Waals surface area contributed by atoms with Crippen LogP contribution in [0.25, 0.3) is 6.08 Å². The van der Waals surface area contributed by atoms with E-state index in [4.69, 9.17) is 18.9 Å². The van der Waals surface area contributed by atoms with Crippen LogP contribution in [0.3, 0.4) is 0 Å². The predicted molar refractivity (Wildman–Crippen MR) is 106 cm³/mol. The molecule has 0 aliphatic rings. The van der Waals surface area contributed by atoms with Gasteiger partial charge in [0, 0.05) is 6.54 Å². The van der Waals surface area contributed by atoms with Crippen LogP contribution < -0.4 is 24.3 Å². The van der Waals surface area contributed by atoms with Gasteiger partial charge in [0.15, 0.2) is 28.9 Å². The smallest absolute Gasteiger partial charge is 0.203 e. The van der Waals surface area contributed by atoms with Gasteiger partial charge in [-0.25, -0.2) is 9.97 Å². The van der Waals surface area contributed by atoms with E-state index in [-0.39, 0.29) is 0 Å². The van der Waals surface area contributed by atoms with Crippen LogP contribution in [0.5, 0.6) is 23.0 Å². The first kappa shape index (κ1) is 20.4. The second-order valence-electron chi connectivity index (χ2n) is 5.61. The second-order valence-corrected chi connectivity index (χ2v) is 5.61. The molecule has 0 unspecified atom stereocenters. The lowest BCUT2D eigenvalue weighted by Gasteiger charge is -2.15. The van der Waals surface area contributed by atoms with E-state index in [0.29, 0.717) is 47.9 Å². The molecule has 1 aromatic carbocycles. The maximum absolute atomic E-state index is 5.80. The third kappa shape index (κ3) is 5.77. The van der Waals surface area contributed by atoms with E-state index in [9.17, 15) is 0 Å². The maximum atomic E-state index is 5.80. The van der Waals surface area contributed by atoms with Crippen molar-refractivity contribution in [2.75, 3.05) is 39.3 Å². The fraction of sp³-hybridized carbons (Fsp3) is 0.400. The second kappa shape index (κ2) is 10.9. The number of ether oxygens (including phenoxy) is 4. The van der Waals surface area contributed by atoms with Gasteiger partial charge in [0.1, 0.15) is 13.2 Å². The molecule has 7 heteroatoms. The average molecular weight is 373 g/mol. The molecule has 0 bridgehead atoms. The van der Waals surface area contributed by atoms with Crippen molar-refractivity contribution in [1.29, 1.82) is 0 Å². The molecule has 1 N–H and O–H groups in total. The van der Waals surface area contributed by atoms with Gasteiger partial charge in [0.2, 0.25) is 5.75 Å². The zero-order chi connectivity index (χ0) is 19.5. The quantitative estimate of drug-likeness (QED) is 0.567. The van der Waals surface area contributed by atoms with Crippen molar-refractivity contribution < 1.29 is 18.9 Å². The van der Waals surface area contributed by atoms with E-state index in [1.54, 1.807) is 26.5 Å². The summed E-state index contributed by atoms with van der Waals surface area (Å²) in [6, 6.07) is 5.48.